The average Bonchev–Trinajstić information content (AvgIpc) is 3.17. The first-order chi connectivity index (χ1) is 8.82. The van der Waals surface area contributed by atoms with Crippen molar-refractivity contribution in [1.82, 2.24) is 5.32 Å². The fraction of sp³-hybridized carbons (Fsp3) is 1.00. The molecule has 19 heavy (non-hydrogen) atoms. The van der Waals surface area contributed by atoms with Gasteiger partial charge in [-0.15, -0.1) is 0 Å². The Morgan fingerprint density at radius 2 is 2.00 bits per heavy atom. The van der Waals surface area contributed by atoms with E-state index in [0.717, 1.165) is 19.5 Å². The molecule has 0 aromatic rings. The van der Waals surface area contributed by atoms with Crippen molar-refractivity contribution < 1.29 is 13.2 Å². The number of hydrogen-bond acceptors (Lipinski definition) is 4. The van der Waals surface area contributed by atoms with E-state index in [-0.39, 0.29) is 10.7 Å². The third kappa shape index (κ3) is 5.40. The minimum Gasteiger partial charge on any atom is -0.383 e. The minimum atomic E-state index is -2.92. The van der Waals surface area contributed by atoms with Gasteiger partial charge in [-0.25, -0.2) is 8.42 Å². The van der Waals surface area contributed by atoms with Gasteiger partial charge in [-0.1, -0.05) is 6.92 Å². The Kier molecular flexibility index (Phi) is 6.27. The summed E-state index contributed by atoms with van der Waals surface area (Å²) in [5.41, 5.74) is 0.107. The van der Waals surface area contributed by atoms with E-state index in [9.17, 15) is 8.42 Å². The van der Waals surface area contributed by atoms with Gasteiger partial charge >= 0.3 is 0 Å². The molecule has 1 rings (SSSR count). The van der Waals surface area contributed by atoms with E-state index in [1.165, 1.54) is 12.8 Å². The van der Waals surface area contributed by atoms with E-state index in [1.54, 1.807) is 21.0 Å². The molecule has 1 saturated carbocycles. The lowest BCUT2D eigenvalue weighted by Gasteiger charge is -2.30. The zero-order chi connectivity index (χ0) is 14.5. The molecule has 1 aliphatic carbocycles. The molecule has 5 heteroatoms. The van der Waals surface area contributed by atoms with Crippen molar-refractivity contribution >= 4 is 9.84 Å². The predicted octanol–water partition coefficient (Wildman–Crippen LogP) is 1.85. The minimum absolute atomic E-state index is 0.107. The Bertz CT molecular complexity index is 363. The summed E-state index contributed by atoms with van der Waals surface area (Å²) in [6.07, 6.45) is 3.24. The highest BCUT2D eigenvalue weighted by Gasteiger charge is 2.41. The quantitative estimate of drug-likeness (QED) is 0.624. The Morgan fingerprint density at radius 3 is 2.47 bits per heavy atom. The molecule has 1 aliphatic rings. The Labute approximate surface area is 118 Å². The molecule has 1 atom stereocenters. The second-order valence-corrected chi connectivity index (χ2v) is 8.94. The summed E-state index contributed by atoms with van der Waals surface area (Å²) in [6, 6.07) is 0. The van der Waals surface area contributed by atoms with Crippen LogP contribution in [0.15, 0.2) is 0 Å². The van der Waals surface area contributed by atoms with Crippen molar-refractivity contribution in [1.29, 1.82) is 0 Å². The van der Waals surface area contributed by atoms with Crippen LogP contribution in [0.3, 0.4) is 0 Å². The molecule has 1 fully saturated rings. The molecule has 0 heterocycles. The van der Waals surface area contributed by atoms with Crippen molar-refractivity contribution in [2.45, 2.75) is 45.3 Å². The maximum Gasteiger partial charge on any atom is 0.152 e. The summed E-state index contributed by atoms with van der Waals surface area (Å²) in [6.45, 7) is 8.16. The van der Waals surface area contributed by atoms with Gasteiger partial charge in [0.15, 0.2) is 9.84 Å². The van der Waals surface area contributed by atoms with E-state index >= 15 is 0 Å². The van der Waals surface area contributed by atoms with Crippen LogP contribution < -0.4 is 5.32 Å². The van der Waals surface area contributed by atoms with Crippen molar-refractivity contribution in [3.63, 3.8) is 0 Å². The van der Waals surface area contributed by atoms with E-state index < -0.39 is 9.84 Å². The molecule has 1 unspecified atom stereocenters. The van der Waals surface area contributed by atoms with Gasteiger partial charge < -0.3 is 10.1 Å². The van der Waals surface area contributed by atoms with Crippen LogP contribution in [-0.4, -0.2) is 46.2 Å². The van der Waals surface area contributed by atoms with Gasteiger partial charge in [0.25, 0.3) is 0 Å². The highest BCUT2D eigenvalue weighted by atomic mass is 32.2. The first-order valence-corrected chi connectivity index (χ1v) is 8.94. The zero-order valence-corrected chi connectivity index (χ0v) is 13.6. The summed E-state index contributed by atoms with van der Waals surface area (Å²) in [7, 11) is -1.23. The van der Waals surface area contributed by atoms with Gasteiger partial charge in [-0.05, 0) is 44.4 Å². The standard InChI is InChI=1S/C14H29NO3S/c1-12(2)19(16,17)10-7-14(3,13-5-6-13)11-15-8-9-18-4/h12-13,15H,5-11H2,1-4H3. The summed E-state index contributed by atoms with van der Waals surface area (Å²) < 4.78 is 28.9. The van der Waals surface area contributed by atoms with Gasteiger partial charge in [-0.3, -0.25) is 0 Å². The van der Waals surface area contributed by atoms with Crippen molar-refractivity contribution in [2.75, 3.05) is 32.6 Å². The van der Waals surface area contributed by atoms with Crippen molar-refractivity contribution in [2.24, 2.45) is 11.3 Å². The van der Waals surface area contributed by atoms with E-state index in [4.69, 9.17) is 4.74 Å². The molecule has 1 N–H and O–H groups in total. The normalized spacial score (nSPS) is 19.6. The van der Waals surface area contributed by atoms with Gasteiger partial charge in [0.1, 0.15) is 0 Å². The van der Waals surface area contributed by atoms with Crippen LogP contribution in [0.1, 0.15) is 40.0 Å². The lowest BCUT2D eigenvalue weighted by atomic mass is 9.82. The smallest absolute Gasteiger partial charge is 0.152 e. The number of ether oxygens (including phenoxy) is 1. The number of rotatable bonds is 10. The summed E-state index contributed by atoms with van der Waals surface area (Å²) >= 11 is 0. The van der Waals surface area contributed by atoms with Crippen LogP contribution in [0.4, 0.5) is 0 Å². The molecule has 0 amide bonds. The number of nitrogens with one attached hydrogen (secondary N) is 1. The monoisotopic (exact) mass is 291 g/mol. The van der Waals surface area contributed by atoms with Gasteiger partial charge in [-0.2, -0.15) is 0 Å². The lowest BCUT2D eigenvalue weighted by molar-refractivity contribution is 0.186. The first kappa shape index (κ1) is 16.9. The Balaban J connectivity index is 2.47. The van der Waals surface area contributed by atoms with Crippen LogP contribution in [0.2, 0.25) is 0 Å². The van der Waals surface area contributed by atoms with E-state index in [1.807, 2.05) is 0 Å². The third-order valence-electron chi connectivity index (χ3n) is 4.25. The lowest BCUT2D eigenvalue weighted by Crippen LogP contribution is -2.37. The highest BCUT2D eigenvalue weighted by molar-refractivity contribution is 7.91. The fourth-order valence-corrected chi connectivity index (χ4v) is 3.60. The number of methoxy groups -OCH3 is 1. The van der Waals surface area contributed by atoms with Gasteiger partial charge in [0.05, 0.1) is 17.6 Å². The fourth-order valence-electron chi connectivity index (χ4n) is 2.38. The molecule has 0 aromatic heterocycles. The Hall–Kier alpha value is -0.130. The van der Waals surface area contributed by atoms with Gasteiger partial charge in [0, 0.05) is 20.2 Å². The summed E-state index contributed by atoms with van der Waals surface area (Å²) in [5, 5.41) is 3.13. The second-order valence-electron chi connectivity index (χ2n) is 6.26. The highest BCUT2D eigenvalue weighted by Crippen LogP contribution is 2.47. The molecule has 0 spiro atoms. The maximum atomic E-state index is 12.0. The Morgan fingerprint density at radius 1 is 1.37 bits per heavy atom. The third-order valence-corrected chi connectivity index (χ3v) is 6.46. The molecule has 0 bridgehead atoms. The molecule has 0 aliphatic heterocycles. The first-order valence-electron chi connectivity index (χ1n) is 7.23. The molecule has 114 valence electrons. The van der Waals surface area contributed by atoms with Crippen molar-refractivity contribution in [3.8, 4) is 0 Å². The molecule has 0 saturated heterocycles. The van der Waals surface area contributed by atoms with E-state index in [2.05, 4.69) is 12.2 Å². The van der Waals surface area contributed by atoms with Crippen LogP contribution >= 0.6 is 0 Å². The van der Waals surface area contributed by atoms with E-state index in [0.29, 0.717) is 18.3 Å². The topological polar surface area (TPSA) is 55.4 Å². The molecule has 4 nitrogen and oxygen atoms in total. The molecule has 0 aromatic carbocycles. The van der Waals surface area contributed by atoms with Crippen LogP contribution in [0.25, 0.3) is 0 Å². The maximum absolute atomic E-state index is 12.0. The molecular formula is C14H29NO3S. The molecule has 0 radical (unpaired) electrons. The molecular weight excluding hydrogens is 262 g/mol. The predicted molar refractivity (Wildman–Crippen MR) is 79.1 cm³/mol. The summed E-state index contributed by atoms with van der Waals surface area (Å²) in [4.78, 5) is 0. The van der Waals surface area contributed by atoms with Crippen LogP contribution in [0, 0.1) is 11.3 Å². The van der Waals surface area contributed by atoms with Crippen molar-refractivity contribution in [3.05, 3.63) is 0 Å². The average molecular weight is 291 g/mol. The summed E-state index contributed by atoms with van der Waals surface area (Å²) in [5.74, 6) is 0.994. The van der Waals surface area contributed by atoms with Gasteiger partial charge in [0.2, 0.25) is 0 Å². The number of hydrogen-bond donors (Lipinski definition) is 1. The zero-order valence-electron chi connectivity index (χ0n) is 12.7. The van der Waals surface area contributed by atoms with Crippen LogP contribution in [-0.2, 0) is 14.6 Å². The second kappa shape index (κ2) is 7.04. The SMILES string of the molecule is COCCNCC(C)(CCS(=O)(=O)C(C)C)C1CC1. The largest absolute Gasteiger partial charge is 0.383 e. The van der Waals surface area contributed by atoms with Crippen LogP contribution in [0.5, 0.6) is 0 Å². The number of sulfone groups is 1.